The lowest BCUT2D eigenvalue weighted by Crippen LogP contribution is -2.15. The van der Waals surface area contributed by atoms with E-state index in [9.17, 15) is 9.59 Å². The van der Waals surface area contributed by atoms with E-state index in [2.05, 4.69) is 15.3 Å². The molecule has 0 saturated heterocycles. The fourth-order valence-corrected chi connectivity index (χ4v) is 2.34. The number of ether oxygens (including phenoxy) is 2. The first-order valence-electron chi connectivity index (χ1n) is 8.13. The minimum absolute atomic E-state index is 0.196. The molecule has 0 atom stereocenters. The van der Waals surface area contributed by atoms with Gasteiger partial charge in [0.05, 0.1) is 23.9 Å². The van der Waals surface area contributed by atoms with Crippen LogP contribution >= 0.6 is 0 Å². The number of nitrogens with one attached hydrogen (secondary N) is 1. The van der Waals surface area contributed by atoms with Gasteiger partial charge in [-0.3, -0.25) is 14.8 Å². The van der Waals surface area contributed by atoms with Crippen molar-refractivity contribution in [2.75, 3.05) is 12.4 Å². The SMILES string of the molecule is COC(=O)c1cc(OCc2ccncc2)ccc1NC(=O)c1cccnc1. The first-order chi connectivity index (χ1) is 13.2. The molecule has 0 saturated carbocycles. The first-order valence-corrected chi connectivity index (χ1v) is 8.13. The number of methoxy groups -OCH3 is 1. The van der Waals surface area contributed by atoms with Gasteiger partial charge in [0.1, 0.15) is 12.4 Å². The maximum absolute atomic E-state index is 12.3. The van der Waals surface area contributed by atoms with Gasteiger partial charge >= 0.3 is 5.97 Å². The maximum atomic E-state index is 12.3. The van der Waals surface area contributed by atoms with Crippen LogP contribution in [-0.2, 0) is 11.3 Å². The quantitative estimate of drug-likeness (QED) is 0.677. The third kappa shape index (κ3) is 4.66. The second-order valence-corrected chi connectivity index (χ2v) is 5.54. The number of amides is 1. The molecule has 0 unspecified atom stereocenters. The second kappa shape index (κ2) is 8.57. The van der Waals surface area contributed by atoms with Crippen molar-refractivity contribution in [1.29, 1.82) is 0 Å². The molecule has 0 fully saturated rings. The molecule has 136 valence electrons. The van der Waals surface area contributed by atoms with Crippen LogP contribution in [0.4, 0.5) is 5.69 Å². The zero-order valence-corrected chi connectivity index (χ0v) is 14.6. The average molecular weight is 363 g/mol. The summed E-state index contributed by atoms with van der Waals surface area (Å²) in [5.41, 5.74) is 1.85. The molecule has 1 amide bonds. The molecule has 7 nitrogen and oxygen atoms in total. The highest BCUT2D eigenvalue weighted by atomic mass is 16.5. The number of benzene rings is 1. The maximum Gasteiger partial charge on any atom is 0.340 e. The number of pyridine rings is 2. The number of carbonyl (C=O) groups excluding carboxylic acids is 2. The molecule has 2 aromatic heterocycles. The molecule has 7 heteroatoms. The van der Waals surface area contributed by atoms with Crippen molar-refractivity contribution in [2.24, 2.45) is 0 Å². The van der Waals surface area contributed by atoms with Gasteiger partial charge in [-0.1, -0.05) is 0 Å². The van der Waals surface area contributed by atoms with E-state index in [4.69, 9.17) is 9.47 Å². The summed E-state index contributed by atoms with van der Waals surface area (Å²) in [6.07, 6.45) is 6.37. The normalized spacial score (nSPS) is 10.1. The Bertz CT molecular complexity index is 930. The Labute approximate surface area is 156 Å². The summed E-state index contributed by atoms with van der Waals surface area (Å²) in [4.78, 5) is 32.3. The predicted octanol–water partition coefficient (Wildman–Crippen LogP) is 3.09. The number of hydrogen-bond acceptors (Lipinski definition) is 6. The van der Waals surface area contributed by atoms with E-state index >= 15 is 0 Å². The van der Waals surface area contributed by atoms with Gasteiger partial charge < -0.3 is 14.8 Å². The van der Waals surface area contributed by atoms with Crippen LogP contribution in [0.25, 0.3) is 0 Å². The lowest BCUT2D eigenvalue weighted by Gasteiger charge is -2.12. The van der Waals surface area contributed by atoms with Gasteiger partial charge in [0, 0.05) is 24.8 Å². The lowest BCUT2D eigenvalue weighted by molar-refractivity contribution is 0.0601. The molecule has 2 heterocycles. The average Bonchev–Trinajstić information content (AvgIpc) is 2.73. The molecule has 0 bridgehead atoms. The van der Waals surface area contributed by atoms with Crippen molar-refractivity contribution < 1.29 is 19.1 Å². The van der Waals surface area contributed by atoms with Crippen molar-refractivity contribution in [1.82, 2.24) is 9.97 Å². The van der Waals surface area contributed by atoms with Crippen LogP contribution in [0, 0.1) is 0 Å². The fourth-order valence-electron chi connectivity index (χ4n) is 2.34. The number of rotatable bonds is 6. The van der Waals surface area contributed by atoms with E-state index < -0.39 is 5.97 Å². The number of aromatic nitrogens is 2. The molecule has 0 radical (unpaired) electrons. The Morgan fingerprint density at radius 1 is 1.04 bits per heavy atom. The standard InChI is InChI=1S/C20H17N3O4/c1-26-20(25)17-11-16(27-13-14-6-9-21-10-7-14)4-5-18(17)23-19(24)15-3-2-8-22-12-15/h2-12H,13H2,1H3,(H,23,24). The number of anilines is 1. The second-order valence-electron chi connectivity index (χ2n) is 5.54. The van der Waals surface area contributed by atoms with Crippen LogP contribution in [0.3, 0.4) is 0 Å². The molecule has 27 heavy (non-hydrogen) atoms. The van der Waals surface area contributed by atoms with Crippen LogP contribution in [0.15, 0.2) is 67.3 Å². The minimum Gasteiger partial charge on any atom is -0.489 e. The van der Waals surface area contributed by atoms with E-state index in [1.165, 1.54) is 19.4 Å². The number of hydrogen-bond donors (Lipinski definition) is 1. The largest absolute Gasteiger partial charge is 0.489 e. The van der Waals surface area contributed by atoms with Crippen LogP contribution < -0.4 is 10.1 Å². The van der Waals surface area contributed by atoms with Crippen LogP contribution in [-0.4, -0.2) is 29.0 Å². The van der Waals surface area contributed by atoms with Gasteiger partial charge in [0.2, 0.25) is 0 Å². The van der Waals surface area contributed by atoms with Crippen molar-refractivity contribution in [2.45, 2.75) is 6.61 Å². The highest BCUT2D eigenvalue weighted by Gasteiger charge is 2.16. The van der Waals surface area contributed by atoms with Crippen LogP contribution in [0.1, 0.15) is 26.3 Å². The third-order valence-corrected chi connectivity index (χ3v) is 3.72. The summed E-state index contributed by atoms with van der Waals surface area (Å²) in [6.45, 7) is 0.324. The van der Waals surface area contributed by atoms with Crippen molar-refractivity contribution in [3.05, 3.63) is 83.9 Å². The van der Waals surface area contributed by atoms with Crippen molar-refractivity contribution >= 4 is 17.6 Å². The monoisotopic (exact) mass is 363 g/mol. The fraction of sp³-hybridized carbons (Fsp3) is 0.100. The number of carbonyl (C=O) groups is 2. The molecule has 3 rings (SSSR count). The molecular weight excluding hydrogens is 346 g/mol. The molecule has 0 aliphatic heterocycles. The third-order valence-electron chi connectivity index (χ3n) is 3.72. The molecular formula is C20H17N3O4. The Balaban J connectivity index is 1.79. The molecule has 0 spiro atoms. The van der Waals surface area contributed by atoms with Crippen molar-refractivity contribution in [3.63, 3.8) is 0 Å². The summed E-state index contributed by atoms with van der Waals surface area (Å²) in [5.74, 6) is -0.476. The predicted molar refractivity (Wildman–Crippen MR) is 98.5 cm³/mol. The Kier molecular flexibility index (Phi) is 5.73. The highest BCUT2D eigenvalue weighted by Crippen LogP contribution is 2.24. The molecule has 1 aromatic carbocycles. The van der Waals surface area contributed by atoms with E-state index in [1.807, 2.05) is 12.1 Å². The van der Waals surface area contributed by atoms with Crippen LogP contribution in [0.2, 0.25) is 0 Å². The molecule has 1 N–H and O–H groups in total. The Morgan fingerprint density at radius 3 is 2.56 bits per heavy atom. The van der Waals surface area contributed by atoms with Gasteiger partial charge in [0.15, 0.2) is 0 Å². The summed E-state index contributed by atoms with van der Waals surface area (Å²) >= 11 is 0. The number of esters is 1. The smallest absolute Gasteiger partial charge is 0.340 e. The number of nitrogens with zero attached hydrogens (tertiary/aromatic N) is 2. The summed E-state index contributed by atoms with van der Waals surface area (Å²) < 4.78 is 10.5. The minimum atomic E-state index is -0.578. The van der Waals surface area contributed by atoms with E-state index in [1.54, 1.807) is 42.9 Å². The molecule has 0 aliphatic carbocycles. The van der Waals surface area contributed by atoms with Crippen LogP contribution in [0.5, 0.6) is 5.75 Å². The zero-order valence-electron chi connectivity index (χ0n) is 14.6. The summed E-state index contributed by atoms with van der Waals surface area (Å²) in [5, 5.41) is 2.70. The van der Waals surface area contributed by atoms with Gasteiger partial charge in [-0.25, -0.2) is 4.79 Å². The zero-order chi connectivity index (χ0) is 19.1. The van der Waals surface area contributed by atoms with Crippen molar-refractivity contribution in [3.8, 4) is 5.75 Å². The van der Waals surface area contributed by atoms with Gasteiger partial charge in [0.25, 0.3) is 5.91 Å². The molecule has 0 aliphatic rings. The Hall–Kier alpha value is -3.74. The lowest BCUT2D eigenvalue weighted by atomic mass is 10.1. The van der Waals surface area contributed by atoms with E-state index in [0.717, 1.165) is 5.56 Å². The van der Waals surface area contributed by atoms with Gasteiger partial charge in [-0.05, 0) is 48.0 Å². The topological polar surface area (TPSA) is 90.4 Å². The summed E-state index contributed by atoms with van der Waals surface area (Å²) in [7, 11) is 1.28. The van der Waals surface area contributed by atoms with E-state index in [0.29, 0.717) is 23.6 Å². The highest BCUT2D eigenvalue weighted by molar-refractivity contribution is 6.08. The van der Waals surface area contributed by atoms with Gasteiger partial charge in [-0.15, -0.1) is 0 Å². The summed E-state index contributed by atoms with van der Waals surface area (Å²) in [6, 6.07) is 11.8. The molecule has 3 aromatic rings. The Morgan fingerprint density at radius 2 is 1.85 bits per heavy atom. The first kappa shape index (κ1) is 18.1. The van der Waals surface area contributed by atoms with Gasteiger partial charge in [-0.2, -0.15) is 0 Å². The van der Waals surface area contributed by atoms with E-state index in [-0.39, 0.29) is 11.5 Å².